The molecule has 0 fully saturated rings. The summed E-state index contributed by atoms with van der Waals surface area (Å²) in [5.74, 6) is 2.01. The van der Waals surface area contributed by atoms with Gasteiger partial charge in [0, 0.05) is 24.0 Å². The molecule has 0 bridgehead atoms. The molecule has 0 saturated carbocycles. The first kappa shape index (κ1) is 19.2. The van der Waals surface area contributed by atoms with Crippen molar-refractivity contribution in [3.63, 3.8) is 0 Å². The summed E-state index contributed by atoms with van der Waals surface area (Å²) in [6.45, 7) is 0.305. The second-order valence-corrected chi connectivity index (χ2v) is 7.12. The second kappa shape index (κ2) is 7.81. The lowest BCUT2D eigenvalue weighted by Gasteiger charge is -2.28. The number of pyridine rings is 2. The molecular weight excluding hydrogens is 398 g/mol. The average Bonchev–Trinajstić information content (AvgIpc) is 3.26. The molecule has 4 heterocycles. The molecule has 8 nitrogen and oxygen atoms in total. The number of rotatable bonds is 5. The Bertz CT molecular complexity index is 1200. The molecular formula is C23H21N3O5. The van der Waals surface area contributed by atoms with Crippen molar-refractivity contribution < 1.29 is 24.1 Å². The number of hydrogen-bond acceptors (Lipinski definition) is 7. The summed E-state index contributed by atoms with van der Waals surface area (Å²) in [4.78, 5) is 8.58. The van der Waals surface area contributed by atoms with Crippen molar-refractivity contribution in [3.05, 3.63) is 77.9 Å². The molecule has 0 amide bonds. The lowest BCUT2D eigenvalue weighted by atomic mass is 10.0. The Morgan fingerprint density at radius 1 is 1.10 bits per heavy atom. The molecule has 0 saturated heterocycles. The van der Waals surface area contributed by atoms with Gasteiger partial charge in [0.15, 0.2) is 17.6 Å². The second-order valence-electron chi connectivity index (χ2n) is 7.12. The lowest BCUT2D eigenvalue weighted by Crippen LogP contribution is -2.22. The zero-order valence-corrected chi connectivity index (χ0v) is 17.1. The Morgan fingerprint density at radius 2 is 2.00 bits per heavy atom. The number of hydrogen-bond donors (Lipinski definition) is 1. The van der Waals surface area contributed by atoms with Crippen molar-refractivity contribution in [2.75, 3.05) is 20.8 Å². The third-order valence-corrected chi connectivity index (χ3v) is 5.30. The number of fused-ring (bicyclic) bond motifs is 2. The first-order valence-corrected chi connectivity index (χ1v) is 9.79. The molecule has 8 heteroatoms. The fourth-order valence-electron chi connectivity index (χ4n) is 3.66. The Kier molecular flexibility index (Phi) is 4.83. The van der Waals surface area contributed by atoms with E-state index in [-0.39, 0.29) is 6.10 Å². The van der Waals surface area contributed by atoms with Crippen LogP contribution in [0.1, 0.15) is 29.0 Å². The summed E-state index contributed by atoms with van der Waals surface area (Å²) < 4.78 is 24.7. The van der Waals surface area contributed by atoms with E-state index < -0.39 is 6.10 Å². The highest BCUT2D eigenvalue weighted by Gasteiger charge is 2.28. The molecule has 0 aliphatic carbocycles. The molecule has 0 radical (unpaired) electrons. The Labute approximate surface area is 178 Å². The van der Waals surface area contributed by atoms with E-state index in [0.717, 1.165) is 11.2 Å². The van der Waals surface area contributed by atoms with E-state index in [9.17, 15) is 5.11 Å². The molecule has 4 aromatic rings. The first-order chi connectivity index (χ1) is 15.2. The van der Waals surface area contributed by atoms with Crippen LogP contribution in [0.2, 0.25) is 0 Å². The monoisotopic (exact) mass is 419 g/mol. The molecule has 5 rings (SSSR count). The Hall–Kier alpha value is -3.78. The van der Waals surface area contributed by atoms with Crippen molar-refractivity contribution in [1.29, 1.82) is 0 Å². The number of aromatic nitrogens is 3. The smallest absolute Gasteiger partial charge is 0.212 e. The average molecular weight is 419 g/mol. The van der Waals surface area contributed by atoms with Crippen LogP contribution in [0, 0.1) is 0 Å². The number of aliphatic hydroxyl groups excluding tert-OH is 1. The van der Waals surface area contributed by atoms with Crippen molar-refractivity contribution in [3.8, 4) is 23.1 Å². The molecule has 158 valence electrons. The standard InChI is InChI=1S/C23H21N3O5/c1-28-17-9-15(22(27)16-12-24-20-5-3-4-8-26(16)20)10-18-23(17)31-19(13-30-18)14-6-7-21(29-2)25-11-14/h3-12,19,22,27H,13H2,1-2H3. The van der Waals surface area contributed by atoms with Crippen LogP contribution in [0.3, 0.4) is 0 Å². The molecule has 1 N–H and O–H groups in total. The molecule has 0 spiro atoms. The molecule has 1 aliphatic rings. The highest BCUT2D eigenvalue weighted by Crippen LogP contribution is 2.45. The molecule has 2 atom stereocenters. The summed E-state index contributed by atoms with van der Waals surface area (Å²) in [5.41, 5.74) is 2.89. The number of nitrogens with zero attached hydrogens (tertiary/aromatic N) is 3. The van der Waals surface area contributed by atoms with Gasteiger partial charge in [0.1, 0.15) is 18.4 Å². The van der Waals surface area contributed by atoms with Gasteiger partial charge in [0.05, 0.1) is 26.1 Å². The number of imidazole rings is 1. The van der Waals surface area contributed by atoms with E-state index in [1.54, 1.807) is 44.8 Å². The van der Waals surface area contributed by atoms with Gasteiger partial charge in [0.25, 0.3) is 0 Å². The Balaban J connectivity index is 1.47. The maximum atomic E-state index is 11.0. The van der Waals surface area contributed by atoms with Gasteiger partial charge in [-0.25, -0.2) is 9.97 Å². The van der Waals surface area contributed by atoms with Crippen molar-refractivity contribution in [2.45, 2.75) is 12.2 Å². The molecule has 3 aromatic heterocycles. The fourth-order valence-corrected chi connectivity index (χ4v) is 3.66. The van der Waals surface area contributed by atoms with Crippen LogP contribution >= 0.6 is 0 Å². The van der Waals surface area contributed by atoms with Crippen molar-refractivity contribution in [2.24, 2.45) is 0 Å². The van der Waals surface area contributed by atoms with Crippen LogP contribution in [-0.4, -0.2) is 40.3 Å². The summed E-state index contributed by atoms with van der Waals surface area (Å²) >= 11 is 0. The highest BCUT2D eigenvalue weighted by atomic mass is 16.6. The molecule has 1 aliphatic heterocycles. The van der Waals surface area contributed by atoms with Gasteiger partial charge in [-0.2, -0.15) is 0 Å². The van der Waals surface area contributed by atoms with E-state index >= 15 is 0 Å². The van der Waals surface area contributed by atoms with Gasteiger partial charge in [-0.3, -0.25) is 0 Å². The molecule has 31 heavy (non-hydrogen) atoms. The summed E-state index contributed by atoms with van der Waals surface area (Å²) in [6, 6.07) is 12.9. The minimum absolute atomic E-state index is 0.305. The number of benzene rings is 1. The minimum Gasteiger partial charge on any atom is -0.493 e. The van der Waals surface area contributed by atoms with Gasteiger partial charge in [-0.1, -0.05) is 6.07 Å². The van der Waals surface area contributed by atoms with Gasteiger partial charge in [0.2, 0.25) is 11.6 Å². The molecule has 1 aromatic carbocycles. The van der Waals surface area contributed by atoms with Crippen molar-refractivity contribution in [1.82, 2.24) is 14.4 Å². The first-order valence-electron chi connectivity index (χ1n) is 9.79. The largest absolute Gasteiger partial charge is 0.493 e. The van der Waals surface area contributed by atoms with Crippen LogP contribution in [0.5, 0.6) is 23.1 Å². The lowest BCUT2D eigenvalue weighted by molar-refractivity contribution is 0.0862. The fraction of sp³-hybridized carbons (Fsp3) is 0.217. The predicted octanol–water partition coefficient (Wildman–Crippen LogP) is 3.34. The number of methoxy groups -OCH3 is 2. The van der Waals surface area contributed by atoms with Crippen LogP contribution in [-0.2, 0) is 0 Å². The third-order valence-electron chi connectivity index (χ3n) is 5.30. The van der Waals surface area contributed by atoms with Crippen LogP contribution in [0.4, 0.5) is 0 Å². The normalized spacial score (nSPS) is 16.2. The minimum atomic E-state index is -0.913. The van der Waals surface area contributed by atoms with Gasteiger partial charge >= 0.3 is 0 Å². The SMILES string of the molecule is COc1ccc(C2COc3cc(C(O)c4cnc5ccccn45)cc(OC)c3O2)cn1. The van der Waals surface area contributed by atoms with E-state index in [4.69, 9.17) is 18.9 Å². The zero-order valence-electron chi connectivity index (χ0n) is 17.1. The predicted molar refractivity (Wildman–Crippen MR) is 112 cm³/mol. The zero-order chi connectivity index (χ0) is 21.4. The topological polar surface area (TPSA) is 87.3 Å². The van der Waals surface area contributed by atoms with Gasteiger partial charge in [-0.05, 0) is 35.9 Å². The van der Waals surface area contributed by atoms with Crippen LogP contribution < -0.4 is 18.9 Å². The number of ether oxygens (including phenoxy) is 4. The summed E-state index contributed by atoms with van der Waals surface area (Å²) in [7, 11) is 3.13. The van der Waals surface area contributed by atoms with E-state index in [1.165, 1.54) is 0 Å². The number of aliphatic hydroxyl groups is 1. The van der Waals surface area contributed by atoms with Crippen LogP contribution in [0.25, 0.3) is 5.65 Å². The quantitative estimate of drug-likeness (QED) is 0.531. The van der Waals surface area contributed by atoms with E-state index in [2.05, 4.69) is 9.97 Å². The van der Waals surface area contributed by atoms with Gasteiger partial charge in [-0.15, -0.1) is 0 Å². The highest BCUT2D eigenvalue weighted by molar-refractivity contribution is 5.56. The maximum Gasteiger partial charge on any atom is 0.212 e. The summed E-state index contributed by atoms with van der Waals surface area (Å²) in [6.07, 6.45) is 3.98. The van der Waals surface area contributed by atoms with Gasteiger partial charge < -0.3 is 28.5 Å². The summed E-state index contributed by atoms with van der Waals surface area (Å²) in [5, 5.41) is 11.0. The third kappa shape index (κ3) is 3.40. The van der Waals surface area contributed by atoms with Crippen LogP contribution in [0.15, 0.2) is 61.1 Å². The van der Waals surface area contributed by atoms with Crippen molar-refractivity contribution >= 4 is 5.65 Å². The molecule has 2 unspecified atom stereocenters. The van der Waals surface area contributed by atoms with E-state index in [0.29, 0.717) is 41.0 Å². The Morgan fingerprint density at radius 3 is 2.77 bits per heavy atom. The van der Waals surface area contributed by atoms with E-state index in [1.807, 2.05) is 34.9 Å². The maximum absolute atomic E-state index is 11.0.